The van der Waals surface area contributed by atoms with Crippen LogP contribution in [0.15, 0.2) is 206 Å². The Labute approximate surface area is 354 Å². The third-order valence-electron chi connectivity index (χ3n) is 12.0. The van der Waals surface area contributed by atoms with Crippen molar-refractivity contribution in [1.82, 2.24) is 38.0 Å². The van der Waals surface area contributed by atoms with E-state index in [2.05, 4.69) is 164 Å². The fourth-order valence-corrected chi connectivity index (χ4v) is 9.28. The van der Waals surface area contributed by atoms with Gasteiger partial charge in [0.05, 0.1) is 27.6 Å². The lowest BCUT2D eigenvalue weighted by Crippen LogP contribution is -2.07. The minimum Gasteiger partial charge on any atom is -0.309 e. The smallest absolute Gasteiger partial charge is 0.241 e. The van der Waals surface area contributed by atoms with Crippen molar-refractivity contribution in [2.24, 2.45) is 0 Å². The summed E-state index contributed by atoms with van der Waals surface area (Å²) in [5.74, 6) is 2.40. The van der Waals surface area contributed by atoms with Crippen LogP contribution in [0.25, 0.3) is 112 Å². The van der Waals surface area contributed by atoms with Crippen LogP contribution in [-0.2, 0) is 0 Å². The van der Waals surface area contributed by atoms with Gasteiger partial charge in [-0.25, -0.2) is 9.55 Å². The zero-order valence-corrected chi connectivity index (χ0v) is 33.2. The van der Waals surface area contributed by atoms with Gasteiger partial charge < -0.3 is 4.57 Å². The van der Waals surface area contributed by atoms with E-state index in [0.717, 1.165) is 66.7 Å². The molecule has 0 saturated heterocycles. The highest BCUT2D eigenvalue weighted by molar-refractivity contribution is 6.13. The van der Waals surface area contributed by atoms with Crippen molar-refractivity contribution >= 4 is 60.7 Å². The lowest BCUT2D eigenvalue weighted by atomic mass is 10.0. The first-order valence-electron chi connectivity index (χ1n) is 20.7. The minimum atomic E-state index is 0.496. The summed E-state index contributed by atoms with van der Waals surface area (Å²) in [6.45, 7) is 0. The highest BCUT2D eigenvalue weighted by Crippen LogP contribution is 2.40. The molecule has 0 saturated carbocycles. The van der Waals surface area contributed by atoms with Gasteiger partial charge in [0.25, 0.3) is 0 Å². The Balaban J connectivity index is 1.08. The summed E-state index contributed by atoms with van der Waals surface area (Å²) in [5.41, 5.74) is 13.5. The summed E-state index contributed by atoms with van der Waals surface area (Å²) in [4.78, 5) is 20.9. The monoisotopic (exact) mass is 794 g/mol. The molecule has 5 heterocycles. The molecule has 0 bridgehead atoms. The van der Waals surface area contributed by atoms with E-state index in [1.165, 1.54) is 21.8 Å². The van der Waals surface area contributed by atoms with Crippen LogP contribution in [0.3, 0.4) is 0 Å². The fourth-order valence-electron chi connectivity index (χ4n) is 9.28. The van der Waals surface area contributed by atoms with E-state index < -0.39 is 0 Å². The van der Waals surface area contributed by atoms with Gasteiger partial charge in [-0.3, -0.25) is 8.97 Å². The van der Waals surface area contributed by atoms with E-state index >= 15 is 0 Å². The Morgan fingerprint density at radius 3 is 1.42 bits per heavy atom. The minimum absolute atomic E-state index is 0.496. The highest BCUT2D eigenvalue weighted by atomic mass is 15.3. The number of fused-ring (bicyclic) bond motifs is 10. The molecule has 62 heavy (non-hydrogen) atoms. The number of aromatic nitrogens is 8. The maximum atomic E-state index is 5.54. The lowest BCUT2D eigenvalue weighted by Gasteiger charge is -2.10. The van der Waals surface area contributed by atoms with E-state index in [4.69, 9.17) is 19.9 Å². The first-order chi connectivity index (χ1) is 30.8. The molecule has 5 aromatic heterocycles. The first-order valence-corrected chi connectivity index (χ1v) is 20.7. The molecule has 0 unspecified atom stereocenters. The van der Waals surface area contributed by atoms with E-state index in [9.17, 15) is 0 Å². The molecular weight excluding hydrogens is 761 g/mol. The molecule has 0 aliphatic carbocycles. The number of para-hydroxylation sites is 5. The predicted molar refractivity (Wildman–Crippen MR) is 250 cm³/mol. The summed E-state index contributed by atoms with van der Waals surface area (Å²) >= 11 is 0. The molecule has 13 rings (SSSR count). The summed E-state index contributed by atoms with van der Waals surface area (Å²) < 4.78 is 8.99. The molecule has 8 aromatic carbocycles. The van der Waals surface area contributed by atoms with E-state index in [1.807, 2.05) is 60.7 Å². The molecule has 13 aromatic rings. The van der Waals surface area contributed by atoms with Crippen molar-refractivity contribution in [2.45, 2.75) is 0 Å². The van der Waals surface area contributed by atoms with Crippen LogP contribution in [0.1, 0.15) is 0 Å². The van der Waals surface area contributed by atoms with Crippen LogP contribution < -0.4 is 0 Å². The highest BCUT2D eigenvalue weighted by Gasteiger charge is 2.26. The van der Waals surface area contributed by atoms with Crippen LogP contribution in [0.4, 0.5) is 0 Å². The number of hydrogen-bond acceptors (Lipinski definition) is 4. The number of hydrogen-bond donors (Lipinski definition) is 0. The predicted octanol–water partition coefficient (Wildman–Crippen LogP) is 12.7. The Bertz CT molecular complexity index is 3790. The van der Waals surface area contributed by atoms with E-state index in [0.29, 0.717) is 23.4 Å². The molecule has 0 amide bonds. The van der Waals surface area contributed by atoms with Crippen molar-refractivity contribution in [3.63, 3.8) is 0 Å². The molecule has 0 radical (unpaired) electrons. The van der Waals surface area contributed by atoms with Crippen molar-refractivity contribution in [3.05, 3.63) is 206 Å². The molecule has 290 valence electrons. The molecule has 0 fully saturated rings. The Morgan fingerprint density at radius 1 is 0.306 bits per heavy atom. The first kappa shape index (κ1) is 34.3. The number of nitrogens with zero attached hydrogens (tertiary/aromatic N) is 8. The third-order valence-corrected chi connectivity index (χ3v) is 12.0. The van der Waals surface area contributed by atoms with Gasteiger partial charge in [-0.05, 0) is 77.9 Å². The largest absolute Gasteiger partial charge is 0.309 e. The molecular formula is C54H34N8. The van der Waals surface area contributed by atoms with Gasteiger partial charge in [-0.1, -0.05) is 140 Å². The zero-order chi connectivity index (χ0) is 40.7. The van der Waals surface area contributed by atoms with Crippen molar-refractivity contribution in [2.75, 3.05) is 0 Å². The van der Waals surface area contributed by atoms with Crippen molar-refractivity contribution < 1.29 is 0 Å². The molecule has 0 aliphatic heterocycles. The standard InChI is InChI=1S/C54H34N8/c1-5-17-35(18-6-1)50-55-51(36-19-7-2-8-20-36)57-53(56-50)62-48-28-16-15-27-47(48)61-49-43-34-38(30-32-46(43)60(52(49)58-54(61)62)40-23-11-4-12-24-40)37-29-31-45-42(33-37)41-25-13-14-26-44(41)59(45)39-21-9-3-10-22-39/h1-34H. The van der Waals surface area contributed by atoms with Crippen molar-refractivity contribution in [1.29, 1.82) is 0 Å². The summed E-state index contributed by atoms with van der Waals surface area (Å²) in [6.07, 6.45) is 0. The normalized spacial score (nSPS) is 11.9. The second kappa shape index (κ2) is 13.5. The second-order valence-electron chi connectivity index (χ2n) is 15.6. The maximum absolute atomic E-state index is 5.54. The van der Waals surface area contributed by atoms with Crippen LogP contribution in [-0.4, -0.2) is 38.0 Å². The van der Waals surface area contributed by atoms with Crippen LogP contribution >= 0.6 is 0 Å². The van der Waals surface area contributed by atoms with Gasteiger partial charge in [-0.2, -0.15) is 15.0 Å². The summed E-state index contributed by atoms with van der Waals surface area (Å²) in [7, 11) is 0. The molecule has 8 heteroatoms. The number of benzene rings is 8. The van der Waals surface area contributed by atoms with E-state index in [-0.39, 0.29) is 0 Å². The Hall–Kier alpha value is -8.62. The van der Waals surface area contributed by atoms with Gasteiger partial charge in [0.2, 0.25) is 11.7 Å². The van der Waals surface area contributed by atoms with E-state index in [1.54, 1.807) is 0 Å². The fraction of sp³-hybridized carbons (Fsp3) is 0. The van der Waals surface area contributed by atoms with Crippen molar-refractivity contribution in [3.8, 4) is 51.2 Å². The average Bonchev–Trinajstić information content (AvgIpc) is 4.07. The van der Waals surface area contributed by atoms with Gasteiger partial charge >= 0.3 is 0 Å². The zero-order valence-electron chi connectivity index (χ0n) is 33.2. The third kappa shape index (κ3) is 5.13. The van der Waals surface area contributed by atoms with Crippen LogP contribution in [0, 0.1) is 0 Å². The molecule has 0 aliphatic rings. The SMILES string of the molecule is c1ccc(-c2nc(-c3ccccc3)nc(-n3c4ccccc4n4c5c6cc(-c7ccc8c(c7)c7ccccc7n8-c7ccccc7)ccc6n(-c6ccccc6)c5nc34)n2)cc1. The lowest BCUT2D eigenvalue weighted by molar-refractivity contribution is 0.936. The van der Waals surface area contributed by atoms with Crippen LogP contribution in [0.2, 0.25) is 0 Å². The second-order valence-corrected chi connectivity index (χ2v) is 15.6. The quantitative estimate of drug-likeness (QED) is 0.168. The summed E-state index contributed by atoms with van der Waals surface area (Å²) in [6, 6.07) is 72.0. The Kier molecular flexibility index (Phi) is 7.43. The van der Waals surface area contributed by atoms with Gasteiger partial charge in [0.1, 0.15) is 5.52 Å². The van der Waals surface area contributed by atoms with Gasteiger partial charge in [0, 0.05) is 38.7 Å². The van der Waals surface area contributed by atoms with Gasteiger partial charge in [-0.15, -0.1) is 0 Å². The molecule has 0 spiro atoms. The van der Waals surface area contributed by atoms with Gasteiger partial charge in [0.15, 0.2) is 17.3 Å². The van der Waals surface area contributed by atoms with Crippen LogP contribution in [0.5, 0.6) is 0 Å². The molecule has 8 nitrogen and oxygen atoms in total. The maximum Gasteiger partial charge on any atom is 0.241 e. The molecule has 0 atom stereocenters. The Morgan fingerprint density at radius 2 is 0.790 bits per heavy atom. The average molecular weight is 795 g/mol. The summed E-state index contributed by atoms with van der Waals surface area (Å²) in [5, 5.41) is 3.53. The topological polar surface area (TPSA) is 70.8 Å². The number of rotatable bonds is 6. The molecule has 0 N–H and O–H groups in total. The number of imidazole rings is 2.